The average molecular weight is 328 g/mol. The van der Waals surface area contributed by atoms with Crippen LogP contribution < -0.4 is 5.32 Å². The van der Waals surface area contributed by atoms with Crippen molar-refractivity contribution in [1.29, 1.82) is 0 Å². The zero-order valence-corrected chi connectivity index (χ0v) is 12.9. The van der Waals surface area contributed by atoms with Crippen molar-refractivity contribution in [3.8, 4) is 0 Å². The number of nitrogens with one attached hydrogen (secondary N) is 1. The number of benzene rings is 1. The summed E-state index contributed by atoms with van der Waals surface area (Å²) in [5, 5.41) is 11.4. The predicted molar refractivity (Wildman–Crippen MR) is 81.0 cm³/mol. The highest BCUT2D eigenvalue weighted by Gasteiger charge is 2.40. The number of fused-ring (bicyclic) bond motifs is 2. The Bertz CT molecular complexity index is 800. The summed E-state index contributed by atoms with van der Waals surface area (Å²) in [5.74, 6) is -2.20. The molecule has 0 radical (unpaired) electrons. The summed E-state index contributed by atoms with van der Waals surface area (Å²) in [5.41, 5.74) is 3.25. The predicted octanol–water partition coefficient (Wildman–Crippen LogP) is 0.247. The molecule has 0 spiro atoms. The van der Waals surface area contributed by atoms with Gasteiger partial charge in [-0.3, -0.25) is 24.5 Å². The van der Waals surface area contributed by atoms with Crippen LogP contribution in [-0.2, 0) is 33.8 Å². The number of hydrogen-bond donors (Lipinski definition) is 2. The number of rotatable bonds is 2. The fraction of sp³-hybridized carbons (Fsp3) is 0.412. The molecule has 3 aliphatic rings. The highest BCUT2D eigenvalue weighted by atomic mass is 16.4. The van der Waals surface area contributed by atoms with Crippen molar-refractivity contribution in [3.63, 3.8) is 0 Å². The topological polar surface area (TPSA) is 104 Å². The monoisotopic (exact) mass is 328 g/mol. The quantitative estimate of drug-likeness (QED) is 0.757. The summed E-state index contributed by atoms with van der Waals surface area (Å²) in [4.78, 5) is 48.6. The van der Waals surface area contributed by atoms with Gasteiger partial charge >= 0.3 is 5.97 Å². The minimum absolute atomic E-state index is 0.221. The van der Waals surface area contributed by atoms with Crippen LogP contribution in [0, 0.1) is 5.92 Å². The number of carbonyl (C=O) groups excluding carboxylic acids is 3. The molecular weight excluding hydrogens is 312 g/mol. The van der Waals surface area contributed by atoms with E-state index in [4.69, 9.17) is 5.11 Å². The van der Waals surface area contributed by atoms with Crippen molar-refractivity contribution in [2.75, 3.05) is 0 Å². The Morgan fingerprint density at radius 3 is 2.50 bits per heavy atom. The van der Waals surface area contributed by atoms with Crippen LogP contribution in [0.1, 0.15) is 39.9 Å². The standard InChI is InChI=1S/C17H16N2O5/c20-14-2-1-13(15(21)18-14)19-7-11-5-8-3-10(17(23)24)4-9(8)6-12(11)16(19)22/h5-6,10,13H,1-4,7H2,(H,23,24)(H,18,20,21). The number of hydrogen-bond acceptors (Lipinski definition) is 4. The van der Waals surface area contributed by atoms with E-state index in [2.05, 4.69) is 5.32 Å². The molecule has 1 aliphatic carbocycles. The normalized spacial score (nSPS) is 25.5. The molecule has 3 amide bonds. The summed E-state index contributed by atoms with van der Waals surface area (Å²) < 4.78 is 0. The molecule has 1 aromatic carbocycles. The molecule has 2 atom stereocenters. The first kappa shape index (κ1) is 14.9. The van der Waals surface area contributed by atoms with Crippen molar-refractivity contribution in [3.05, 3.63) is 34.4 Å². The van der Waals surface area contributed by atoms with Crippen molar-refractivity contribution in [2.24, 2.45) is 5.92 Å². The average Bonchev–Trinajstić information content (AvgIpc) is 3.07. The van der Waals surface area contributed by atoms with E-state index in [1.54, 1.807) is 6.07 Å². The Balaban J connectivity index is 1.60. The summed E-state index contributed by atoms with van der Waals surface area (Å²) in [6.07, 6.45) is 1.48. The summed E-state index contributed by atoms with van der Waals surface area (Å²) in [6.45, 7) is 0.325. The van der Waals surface area contributed by atoms with Gasteiger partial charge in [-0.25, -0.2) is 0 Å². The Morgan fingerprint density at radius 1 is 1.12 bits per heavy atom. The van der Waals surface area contributed by atoms with Crippen LogP contribution in [0.5, 0.6) is 0 Å². The lowest BCUT2D eigenvalue weighted by molar-refractivity contribution is -0.141. The maximum atomic E-state index is 12.7. The number of carbonyl (C=O) groups is 4. The van der Waals surface area contributed by atoms with E-state index >= 15 is 0 Å². The summed E-state index contributed by atoms with van der Waals surface area (Å²) in [7, 11) is 0. The molecule has 2 heterocycles. The first-order valence-corrected chi connectivity index (χ1v) is 7.96. The molecule has 24 heavy (non-hydrogen) atoms. The van der Waals surface area contributed by atoms with Crippen LogP contribution in [0.2, 0.25) is 0 Å². The Hall–Kier alpha value is -2.70. The maximum absolute atomic E-state index is 12.7. The van der Waals surface area contributed by atoms with E-state index in [-0.39, 0.29) is 18.2 Å². The van der Waals surface area contributed by atoms with E-state index < -0.39 is 23.8 Å². The number of imide groups is 1. The molecule has 1 aromatic rings. The maximum Gasteiger partial charge on any atom is 0.307 e. The highest BCUT2D eigenvalue weighted by Crippen LogP contribution is 2.34. The van der Waals surface area contributed by atoms with Crippen LogP contribution in [0.3, 0.4) is 0 Å². The second-order valence-electron chi connectivity index (χ2n) is 6.62. The Labute approximate surface area is 137 Å². The molecule has 124 valence electrons. The number of nitrogens with zero attached hydrogens (tertiary/aromatic N) is 1. The third kappa shape index (κ3) is 2.19. The fourth-order valence-electron chi connectivity index (χ4n) is 3.87. The molecule has 0 saturated carbocycles. The second kappa shape index (κ2) is 5.15. The zero-order valence-electron chi connectivity index (χ0n) is 12.9. The van der Waals surface area contributed by atoms with Crippen molar-refractivity contribution >= 4 is 23.7 Å². The molecule has 1 fully saturated rings. The van der Waals surface area contributed by atoms with Gasteiger partial charge in [0.25, 0.3) is 5.91 Å². The van der Waals surface area contributed by atoms with Crippen molar-refractivity contribution < 1.29 is 24.3 Å². The minimum atomic E-state index is -0.817. The van der Waals surface area contributed by atoms with Crippen LogP contribution in [-0.4, -0.2) is 39.7 Å². The van der Waals surface area contributed by atoms with Crippen molar-refractivity contribution in [2.45, 2.75) is 38.3 Å². The Morgan fingerprint density at radius 2 is 1.83 bits per heavy atom. The second-order valence-corrected chi connectivity index (χ2v) is 6.62. The van der Waals surface area contributed by atoms with Gasteiger partial charge in [-0.1, -0.05) is 6.07 Å². The molecular formula is C17H16N2O5. The van der Waals surface area contributed by atoms with Crippen molar-refractivity contribution in [1.82, 2.24) is 10.2 Å². The first-order valence-electron chi connectivity index (χ1n) is 7.96. The fourth-order valence-corrected chi connectivity index (χ4v) is 3.87. The van der Waals surface area contributed by atoms with Gasteiger partial charge in [-0.15, -0.1) is 0 Å². The lowest BCUT2D eigenvalue weighted by atomic mass is 10.0. The lowest BCUT2D eigenvalue weighted by Gasteiger charge is -2.29. The molecule has 7 heteroatoms. The van der Waals surface area contributed by atoms with E-state index in [1.807, 2.05) is 6.07 Å². The summed E-state index contributed by atoms with van der Waals surface area (Å²) in [6, 6.07) is 3.06. The number of piperidine rings is 1. The number of carboxylic acid groups (broad SMARTS) is 1. The number of amides is 3. The molecule has 0 bridgehead atoms. The van der Waals surface area contributed by atoms with Gasteiger partial charge in [-0.2, -0.15) is 0 Å². The van der Waals surface area contributed by atoms with Gasteiger partial charge in [0.1, 0.15) is 6.04 Å². The van der Waals surface area contributed by atoms with E-state index in [1.165, 1.54) is 4.90 Å². The smallest absolute Gasteiger partial charge is 0.307 e. The van der Waals surface area contributed by atoms with Crippen LogP contribution in [0.25, 0.3) is 0 Å². The SMILES string of the molecule is O=C1CCC(N2Cc3cc4c(cc3C2=O)CC(C(=O)O)C4)C(=O)N1. The molecule has 4 rings (SSSR count). The third-order valence-electron chi connectivity index (χ3n) is 5.13. The molecule has 2 N–H and O–H groups in total. The molecule has 1 saturated heterocycles. The zero-order chi connectivity index (χ0) is 17.0. The largest absolute Gasteiger partial charge is 0.481 e. The van der Waals surface area contributed by atoms with Crippen LogP contribution in [0.15, 0.2) is 12.1 Å². The van der Waals surface area contributed by atoms with Gasteiger partial charge in [0.2, 0.25) is 11.8 Å². The van der Waals surface area contributed by atoms with E-state index in [0.29, 0.717) is 31.4 Å². The highest BCUT2D eigenvalue weighted by molar-refractivity contribution is 6.05. The molecule has 2 aliphatic heterocycles. The van der Waals surface area contributed by atoms with Crippen LogP contribution in [0.4, 0.5) is 0 Å². The molecule has 2 unspecified atom stereocenters. The first-order chi connectivity index (χ1) is 11.4. The van der Waals surface area contributed by atoms with Gasteiger partial charge in [0, 0.05) is 18.5 Å². The van der Waals surface area contributed by atoms with E-state index in [9.17, 15) is 19.2 Å². The lowest BCUT2D eigenvalue weighted by Crippen LogP contribution is -2.52. The minimum Gasteiger partial charge on any atom is -0.481 e. The van der Waals surface area contributed by atoms with E-state index in [0.717, 1.165) is 16.7 Å². The van der Waals surface area contributed by atoms with Gasteiger partial charge in [0.15, 0.2) is 0 Å². The third-order valence-corrected chi connectivity index (χ3v) is 5.13. The summed E-state index contributed by atoms with van der Waals surface area (Å²) >= 11 is 0. The molecule has 7 nitrogen and oxygen atoms in total. The number of aliphatic carboxylic acids is 1. The van der Waals surface area contributed by atoms with Gasteiger partial charge in [-0.05, 0) is 42.0 Å². The molecule has 0 aromatic heterocycles. The van der Waals surface area contributed by atoms with Crippen LogP contribution >= 0.6 is 0 Å². The Kier molecular flexibility index (Phi) is 3.19. The number of carboxylic acids is 1. The van der Waals surface area contributed by atoms with Gasteiger partial charge in [0.05, 0.1) is 5.92 Å². The van der Waals surface area contributed by atoms with Gasteiger partial charge < -0.3 is 10.0 Å².